The van der Waals surface area contributed by atoms with Crippen LogP contribution in [0.15, 0.2) is 47.6 Å². The van der Waals surface area contributed by atoms with Crippen LogP contribution < -0.4 is 14.9 Å². The van der Waals surface area contributed by atoms with E-state index in [1.807, 2.05) is 31.2 Å². The predicted molar refractivity (Wildman–Crippen MR) is 106 cm³/mol. The molecule has 27 heavy (non-hydrogen) atoms. The van der Waals surface area contributed by atoms with Gasteiger partial charge >= 0.3 is 0 Å². The molecule has 0 spiro atoms. The molecule has 0 heterocycles. The molecule has 0 aliphatic rings. The Kier molecular flexibility index (Phi) is 6.82. The van der Waals surface area contributed by atoms with Crippen LogP contribution in [0.1, 0.15) is 38.8 Å². The number of nitrogens with zero attached hydrogens (tertiary/aromatic N) is 1. The molecular formula is C21H26N2O4. The fourth-order valence-electron chi connectivity index (χ4n) is 2.29. The quantitative estimate of drug-likeness (QED) is 0.576. The van der Waals surface area contributed by atoms with Gasteiger partial charge in [0.05, 0.1) is 12.8 Å². The molecule has 1 amide bonds. The molecule has 2 aromatic carbocycles. The number of nitrogens with one attached hydrogen (secondary N) is 1. The molecule has 2 aromatic rings. The zero-order valence-corrected chi connectivity index (χ0v) is 16.2. The van der Waals surface area contributed by atoms with Gasteiger partial charge in [-0.2, -0.15) is 5.10 Å². The highest BCUT2D eigenvalue weighted by Crippen LogP contribution is 2.26. The zero-order valence-electron chi connectivity index (χ0n) is 16.2. The van der Waals surface area contributed by atoms with Gasteiger partial charge in [0.25, 0.3) is 5.91 Å². The number of phenols is 1. The third kappa shape index (κ3) is 6.33. The third-order valence-electron chi connectivity index (χ3n) is 3.78. The van der Waals surface area contributed by atoms with Crippen molar-refractivity contribution < 1.29 is 19.4 Å². The standard InChI is InChI=1S/C21H26N2O4/c1-5-26-19-12-15(6-11-18(19)24)13-22-23-20(25)14-27-17-9-7-16(8-10-17)21(2,3)4/h6-13,24H,5,14H2,1-4H3,(H,23,25). The first kappa shape index (κ1) is 20.3. The largest absolute Gasteiger partial charge is 0.504 e. The summed E-state index contributed by atoms with van der Waals surface area (Å²) < 4.78 is 10.8. The summed E-state index contributed by atoms with van der Waals surface area (Å²) in [6.45, 7) is 8.56. The van der Waals surface area contributed by atoms with Crippen LogP contribution in [0.5, 0.6) is 17.2 Å². The molecule has 0 unspecified atom stereocenters. The van der Waals surface area contributed by atoms with E-state index in [1.165, 1.54) is 17.8 Å². The van der Waals surface area contributed by atoms with E-state index in [4.69, 9.17) is 9.47 Å². The maximum atomic E-state index is 11.8. The summed E-state index contributed by atoms with van der Waals surface area (Å²) in [4.78, 5) is 11.8. The number of aromatic hydroxyl groups is 1. The molecule has 0 aliphatic heterocycles. The van der Waals surface area contributed by atoms with E-state index in [-0.39, 0.29) is 23.7 Å². The summed E-state index contributed by atoms with van der Waals surface area (Å²) in [5.41, 5.74) is 4.36. The van der Waals surface area contributed by atoms with Crippen molar-refractivity contribution in [2.75, 3.05) is 13.2 Å². The summed E-state index contributed by atoms with van der Waals surface area (Å²) in [6.07, 6.45) is 1.47. The van der Waals surface area contributed by atoms with Gasteiger partial charge in [-0.3, -0.25) is 4.79 Å². The highest BCUT2D eigenvalue weighted by Gasteiger charge is 2.13. The lowest BCUT2D eigenvalue weighted by atomic mass is 9.87. The van der Waals surface area contributed by atoms with Gasteiger partial charge in [-0.25, -0.2) is 5.43 Å². The van der Waals surface area contributed by atoms with Crippen molar-refractivity contribution in [1.82, 2.24) is 5.43 Å². The number of hydrogen-bond acceptors (Lipinski definition) is 5. The Morgan fingerprint density at radius 2 is 1.85 bits per heavy atom. The van der Waals surface area contributed by atoms with Gasteiger partial charge in [-0.15, -0.1) is 0 Å². The van der Waals surface area contributed by atoms with Crippen molar-refractivity contribution in [2.45, 2.75) is 33.1 Å². The topological polar surface area (TPSA) is 80.2 Å². The smallest absolute Gasteiger partial charge is 0.277 e. The van der Waals surface area contributed by atoms with Gasteiger partial charge in [0.2, 0.25) is 0 Å². The molecule has 0 fully saturated rings. The Bertz CT molecular complexity index is 793. The van der Waals surface area contributed by atoms with Crippen molar-refractivity contribution in [3.8, 4) is 17.2 Å². The molecule has 0 atom stereocenters. The van der Waals surface area contributed by atoms with Gasteiger partial charge in [-0.05, 0) is 53.8 Å². The second kappa shape index (κ2) is 9.07. The monoisotopic (exact) mass is 370 g/mol. The highest BCUT2D eigenvalue weighted by molar-refractivity contribution is 5.83. The molecule has 6 heteroatoms. The zero-order chi connectivity index (χ0) is 19.9. The second-order valence-corrected chi connectivity index (χ2v) is 7.02. The number of ether oxygens (including phenoxy) is 2. The maximum Gasteiger partial charge on any atom is 0.277 e. The van der Waals surface area contributed by atoms with Crippen LogP contribution >= 0.6 is 0 Å². The first-order valence-electron chi connectivity index (χ1n) is 8.80. The van der Waals surface area contributed by atoms with Crippen LogP contribution in [0.3, 0.4) is 0 Å². The van der Waals surface area contributed by atoms with Crippen LogP contribution in [-0.4, -0.2) is 30.4 Å². The van der Waals surface area contributed by atoms with E-state index >= 15 is 0 Å². The Morgan fingerprint density at radius 1 is 1.15 bits per heavy atom. The number of hydrogen-bond donors (Lipinski definition) is 2. The molecule has 144 valence electrons. The van der Waals surface area contributed by atoms with Gasteiger partial charge in [0.1, 0.15) is 5.75 Å². The van der Waals surface area contributed by atoms with Crippen molar-refractivity contribution >= 4 is 12.1 Å². The first-order chi connectivity index (χ1) is 12.8. The number of phenolic OH excluding ortho intramolecular Hbond substituents is 1. The number of carbonyl (C=O) groups excluding carboxylic acids is 1. The minimum Gasteiger partial charge on any atom is -0.504 e. The number of hydrazone groups is 1. The summed E-state index contributed by atoms with van der Waals surface area (Å²) >= 11 is 0. The van der Waals surface area contributed by atoms with Crippen molar-refractivity contribution in [3.63, 3.8) is 0 Å². The lowest BCUT2D eigenvalue weighted by molar-refractivity contribution is -0.123. The minimum absolute atomic E-state index is 0.0592. The van der Waals surface area contributed by atoms with Gasteiger partial charge in [0, 0.05) is 0 Å². The van der Waals surface area contributed by atoms with Crippen molar-refractivity contribution in [2.24, 2.45) is 5.10 Å². The number of amides is 1. The lowest BCUT2D eigenvalue weighted by Crippen LogP contribution is -2.24. The van der Waals surface area contributed by atoms with Crippen molar-refractivity contribution in [1.29, 1.82) is 0 Å². The molecule has 0 radical (unpaired) electrons. The van der Waals surface area contributed by atoms with Gasteiger partial charge < -0.3 is 14.6 Å². The van der Waals surface area contributed by atoms with Crippen molar-refractivity contribution in [3.05, 3.63) is 53.6 Å². The SMILES string of the molecule is CCOc1cc(C=NNC(=O)COc2ccc(C(C)(C)C)cc2)ccc1O. The Morgan fingerprint density at radius 3 is 2.48 bits per heavy atom. The Balaban J connectivity index is 1.84. The third-order valence-corrected chi connectivity index (χ3v) is 3.78. The summed E-state index contributed by atoms with van der Waals surface area (Å²) in [6, 6.07) is 12.5. The van der Waals surface area contributed by atoms with Crippen LogP contribution in [0.25, 0.3) is 0 Å². The number of benzene rings is 2. The van der Waals surface area contributed by atoms with E-state index < -0.39 is 0 Å². The molecule has 2 N–H and O–H groups in total. The van der Waals surface area contributed by atoms with E-state index in [1.54, 1.807) is 12.1 Å². The summed E-state index contributed by atoms with van der Waals surface area (Å²) in [5, 5.41) is 13.6. The van der Waals surface area contributed by atoms with Crippen LogP contribution in [0.2, 0.25) is 0 Å². The normalized spacial score (nSPS) is 11.4. The molecule has 0 saturated heterocycles. The second-order valence-electron chi connectivity index (χ2n) is 7.02. The average molecular weight is 370 g/mol. The highest BCUT2D eigenvalue weighted by atomic mass is 16.5. The van der Waals surface area contributed by atoms with Gasteiger partial charge in [0.15, 0.2) is 18.1 Å². The minimum atomic E-state index is -0.366. The summed E-state index contributed by atoms with van der Waals surface area (Å²) in [7, 11) is 0. The van der Waals surface area contributed by atoms with Crippen LogP contribution in [0.4, 0.5) is 0 Å². The van der Waals surface area contributed by atoms with E-state index in [0.29, 0.717) is 23.7 Å². The van der Waals surface area contributed by atoms with Gasteiger partial charge in [-0.1, -0.05) is 32.9 Å². The molecule has 0 aliphatic carbocycles. The molecule has 0 bridgehead atoms. The van der Waals surface area contributed by atoms with Crippen LogP contribution in [-0.2, 0) is 10.2 Å². The fourth-order valence-corrected chi connectivity index (χ4v) is 2.29. The molecule has 0 aromatic heterocycles. The number of rotatable bonds is 7. The molecule has 0 saturated carbocycles. The molecular weight excluding hydrogens is 344 g/mol. The first-order valence-corrected chi connectivity index (χ1v) is 8.80. The Labute approximate surface area is 159 Å². The predicted octanol–water partition coefficient (Wildman–Crippen LogP) is 3.62. The molecule has 6 nitrogen and oxygen atoms in total. The van der Waals surface area contributed by atoms with Crippen LogP contribution in [0, 0.1) is 0 Å². The lowest BCUT2D eigenvalue weighted by Gasteiger charge is -2.19. The van der Waals surface area contributed by atoms with E-state index in [0.717, 1.165) is 0 Å². The fraction of sp³-hybridized carbons (Fsp3) is 0.333. The summed E-state index contributed by atoms with van der Waals surface area (Å²) in [5.74, 6) is 0.690. The maximum absolute atomic E-state index is 11.8. The molecule has 2 rings (SSSR count). The Hall–Kier alpha value is -3.02. The average Bonchev–Trinajstić information content (AvgIpc) is 2.62. The van der Waals surface area contributed by atoms with E-state index in [2.05, 4.69) is 31.3 Å². The van der Waals surface area contributed by atoms with E-state index in [9.17, 15) is 9.90 Å². The number of carbonyl (C=O) groups is 1.